The highest BCUT2D eigenvalue weighted by atomic mass is 79.9. The van der Waals surface area contributed by atoms with E-state index in [-0.39, 0.29) is 0 Å². The summed E-state index contributed by atoms with van der Waals surface area (Å²) in [6.07, 6.45) is 1.74. The van der Waals surface area contributed by atoms with Crippen LogP contribution in [0.15, 0.2) is 125 Å². The van der Waals surface area contributed by atoms with Gasteiger partial charge in [0, 0.05) is 38.1 Å². The third-order valence-electron chi connectivity index (χ3n) is 5.68. The molecule has 0 aliphatic heterocycles. The van der Waals surface area contributed by atoms with Crippen LogP contribution >= 0.6 is 15.9 Å². The number of benzene rings is 5. The Morgan fingerprint density at radius 3 is 1.76 bits per heavy atom. The summed E-state index contributed by atoms with van der Waals surface area (Å²) in [7, 11) is -1.13. The minimum Gasteiger partial charge on any atom is -0.310 e. The van der Waals surface area contributed by atoms with Crippen molar-refractivity contribution in [3.05, 3.63) is 120 Å². The molecule has 2 nitrogen and oxygen atoms in total. The average Bonchev–Trinajstić information content (AvgIpc) is 2.85. The van der Waals surface area contributed by atoms with E-state index in [1.54, 1.807) is 6.26 Å². The maximum Gasteiger partial charge on any atom is 0.0546 e. The molecule has 1 atom stereocenters. The zero-order valence-corrected chi connectivity index (χ0v) is 20.5. The summed E-state index contributed by atoms with van der Waals surface area (Å²) >= 11 is 3.63. The molecule has 0 aromatic heterocycles. The van der Waals surface area contributed by atoms with Crippen LogP contribution in [0.1, 0.15) is 0 Å². The van der Waals surface area contributed by atoms with Crippen LogP contribution < -0.4 is 4.90 Å². The molecule has 0 amide bonds. The molecule has 5 rings (SSSR count). The molecule has 5 aromatic rings. The van der Waals surface area contributed by atoms with Gasteiger partial charge in [-0.3, -0.25) is 4.21 Å². The summed E-state index contributed by atoms with van der Waals surface area (Å²) in [5.41, 5.74) is 5.16. The minimum absolute atomic E-state index is 0.816. The Balaban J connectivity index is 1.88. The fourth-order valence-electron chi connectivity index (χ4n) is 4.17. The fraction of sp³-hybridized carbons (Fsp3) is 0.0345. The molecule has 162 valence electrons. The summed E-state index contributed by atoms with van der Waals surface area (Å²) in [6.45, 7) is 0. The van der Waals surface area contributed by atoms with E-state index in [1.807, 2.05) is 24.3 Å². The van der Waals surface area contributed by atoms with E-state index in [1.165, 1.54) is 0 Å². The van der Waals surface area contributed by atoms with E-state index in [9.17, 15) is 4.21 Å². The number of hydrogen-bond donors (Lipinski definition) is 0. The normalized spacial score (nSPS) is 11.9. The second-order valence-corrected chi connectivity index (χ2v) is 10.1. The maximum absolute atomic E-state index is 12.7. The van der Waals surface area contributed by atoms with Crippen molar-refractivity contribution in [1.82, 2.24) is 0 Å². The Labute approximate surface area is 205 Å². The zero-order chi connectivity index (χ0) is 22.8. The molecule has 0 heterocycles. The number of halogens is 1. The van der Waals surface area contributed by atoms with E-state index in [0.29, 0.717) is 0 Å². The van der Waals surface area contributed by atoms with E-state index >= 15 is 0 Å². The smallest absolute Gasteiger partial charge is 0.0546 e. The molecule has 0 fully saturated rings. The molecule has 0 bridgehead atoms. The monoisotopic (exact) mass is 511 g/mol. The van der Waals surface area contributed by atoms with Gasteiger partial charge >= 0.3 is 0 Å². The molecule has 33 heavy (non-hydrogen) atoms. The van der Waals surface area contributed by atoms with Gasteiger partial charge in [-0.25, -0.2) is 0 Å². The molecular weight excluding hydrogens is 490 g/mol. The molecule has 0 saturated carbocycles. The average molecular weight is 512 g/mol. The lowest BCUT2D eigenvalue weighted by atomic mass is 9.97. The predicted octanol–water partition coefficient (Wildman–Crippen LogP) is 8.48. The first kappa shape index (κ1) is 21.6. The minimum atomic E-state index is -1.13. The first-order chi connectivity index (χ1) is 16.1. The van der Waals surface area contributed by atoms with Crippen molar-refractivity contribution in [2.24, 2.45) is 0 Å². The maximum atomic E-state index is 12.7. The van der Waals surface area contributed by atoms with Crippen molar-refractivity contribution >= 4 is 54.6 Å². The number of para-hydroxylation sites is 2. The van der Waals surface area contributed by atoms with Gasteiger partial charge in [0.25, 0.3) is 0 Å². The first-order valence-electron chi connectivity index (χ1n) is 10.7. The third kappa shape index (κ3) is 4.37. The van der Waals surface area contributed by atoms with Crippen molar-refractivity contribution < 1.29 is 4.21 Å². The van der Waals surface area contributed by atoms with Crippen LogP contribution in [0.2, 0.25) is 0 Å². The largest absolute Gasteiger partial charge is 0.310 e. The van der Waals surface area contributed by atoms with E-state index in [2.05, 4.69) is 112 Å². The molecule has 0 aliphatic carbocycles. The van der Waals surface area contributed by atoms with Gasteiger partial charge in [0.05, 0.1) is 16.5 Å². The van der Waals surface area contributed by atoms with Gasteiger partial charge in [-0.2, -0.15) is 0 Å². The molecule has 1 unspecified atom stereocenters. The van der Waals surface area contributed by atoms with Gasteiger partial charge in [-0.1, -0.05) is 76.6 Å². The van der Waals surface area contributed by atoms with Crippen molar-refractivity contribution in [2.75, 3.05) is 11.2 Å². The van der Waals surface area contributed by atoms with Gasteiger partial charge in [-0.15, -0.1) is 0 Å². The summed E-state index contributed by atoms with van der Waals surface area (Å²) < 4.78 is 13.7. The van der Waals surface area contributed by atoms with Crippen LogP contribution in [0.25, 0.3) is 21.9 Å². The molecule has 5 aromatic carbocycles. The summed E-state index contributed by atoms with van der Waals surface area (Å²) in [5.74, 6) is 0. The molecule has 0 N–H and O–H groups in total. The standard InChI is InChI=1S/C29H22BrNOS/c1-33(32)29-17-16-23(30)20-27(29)26-18-21-10-8-9-11-22(21)19-28(26)31(24-12-4-2-5-13-24)25-14-6-3-7-15-25/h2-20H,1H3. The van der Waals surface area contributed by atoms with Gasteiger partial charge in [0.1, 0.15) is 0 Å². The van der Waals surface area contributed by atoms with E-state index in [4.69, 9.17) is 0 Å². The van der Waals surface area contributed by atoms with Crippen LogP contribution in [0, 0.1) is 0 Å². The van der Waals surface area contributed by atoms with Crippen molar-refractivity contribution in [3.8, 4) is 11.1 Å². The lowest BCUT2D eigenvalue weighted by Crippen LogP contribution is -2.11. The lowest BCUT2D eigenvalue weighted by molar-refractivity contribution is 0.687. The van der Waals surface area contributed by atoms with Gasteiger partial charge < -0.3 is 4.90 Å². The third-order valence-corrected chi connectivity index (χ3v) is 7.14. The highest BCUT2D eigenvalue weighted by Crippen LogP contribution is 2.44. The number of anilines is 3. The predicted molar refractivity (Wildman–Crippen MR) is 144 cm³/mol. The van der Waals surface area contributed by atoms with Crippen molar-refractivity contribution in [2.45, 2.75) is 4.90 Å². The van der Waals surface area contributed by atoms with Gasteiger partial charge in [0.15, 0.2) is 0 Å². The summed E-state index contributed by atoms with van der Waals surface area (Å²) in [4.78, 5) is 3.08. The highest BCUT2D eigenvalue weighted by molar-refractivity contribution is 9.10. The quantitative estimate of drug-likeness (QED) is 0.235. The topological polar surface area (TPSA) is 20.3 Å². The fourth-order valence-corrected chi connectivity index (χ4v) is 5.27. The number of rotatable bonds is 5. The van der Waals surface area contributed by atoms with Crippen molar-refractivity contribution in [1.29, 1.82) is 0 Å². The molecule has 0 saturated heterocycles. The molecule has 0 radical (unpaired) electrons. The highest BCUT2D eigenvalue weighted by Gasteiger charge is 2.20. The Hall–Kier alpha value is -3.21. The number of fused-ring (bicyclic) bond motifs is 1. The van der Waals surface area contributed by atoms with Crippen LogP contribution in [-0.4, -0.2) is 10.5 Å². The molecule has 4 heteroatoms. The Morgan fingerprint density at radius 1 is 0.636 bits per heavy atom. The molecule has 0 aliphatic rings. The number of hydrogen-bond acceptors (Lipinski definition) is 2. The first-order valence-corrected chi connectivity index (χ1v) is 13.0. The number of nitrogens with zero attached hydrogens (tertiary/aromatic N) is 1. The van der Waals surface area contributed by atoms with Gasteiger partial charge in [0.2, 0.25) is 0 Å². The Morgan fingerprint density at radius 2 is 1.18 bits per heavy atom. The molecular formula is C29H22BrNOS. The van der Waals surface area contributed by atoms with Crippen LogP contribution in [0.4, 0.5) is 17.1 Å². The van der Waals surface area contributed by atoms with Crippen LogP contribution in [0.3, 0.4) is 0 Å². The Kier molecular flexibility index (Phi) is 6.12. The lowest BCUT2D eigenvalue weighted by Gasteiger charge is -2.28. The molecule has 0 spiro atoms. The SMILES string of the molecule is CS(=O)c1ccc(Br)cc1-c1cc2ccccc2cc1N(c1ccccc1)c1ccccc1. The van der Waals surface area contributed by atoms with Crippen LogP contribution in [-0.2, 0) is 10.8 Å². The summed E-state index contributed by atoms with van der Waals surface area (Å²) in [6, 6.07) is 39.5. The Bertz CT molecular complexity index is 1410. The van der Waals surface area contributed by atoms with Crippen molar-refractivity contribution in [3.63, 3.8) is 0 Å². The van der Waals surface area contributed by atoms with Crippen LogP contribution in [0.5, 0.6) is 0 Å². The van der Waals surface area contributed by atoms with Gasteiger partial charge in [-0.05, 0) is 65.4 Å². The summed E-state index contributed by atoms with van der Waals surface area (Å²) in [5, 5.41) is 2.30. The zero-order valence-electron chi connectivity index (χ0n) is 18.1. The van der Waals surface area contributed by atoms with E-state index < -0.39 is 10.8 Å². The second kappa shape index (κ2) is 9.34. The second-order valence-electron chi connectivity index (χ2n) is 7.82. The van der Waals surface area contributed by atoms with E-state index in [0.717, 1.165) is 48.3 Å².